The Kier molecular flexibility index (Phi) is 6.06. The van der Waals surface area contributed by atoms with Crippen LogP contribution in [0.5, 0.6) is 0 Å². The van der Waals surface area contributed by atoms with Crippen molar-refractivity contribution < 1.29 is 19.4 Å². The fraction of sp³-hybridized carbons (Fsp3) is 0.533. The number of likely N-dealkylation sites (tertiary alicyclic amines) is 1. The van der Waals surface area contributed by atoms with Gasteiger partial charge in [-0.25, -0.2) is 9.78 Å². The number of ether oxygens (including phenoxy) is 1. The van der Waals surface area contributed by atoms with Crippen LogP contribution in [-0.4, -0.2) is 57.3 Å². The summed E-state index contributed by atoms with van der Waals surface area (Å²) < 4.78 is 5.80. The van der Waals surface area contributed by atoms with E-state index in [-0.39, 0.29) is 12.4 Å². The Bertz CT molecular complexity index is 746. The molecular formula is C15H19BrN6O4. The molecule has 0 aliphatic carbocycles. The highest BCUT2D eigenvalue weighted by Gasteiger charge is 2.48. The number of hydrogen-bond donors (Lipinski definition) is 2. The van der Waals surface area contributed by atoms with Crippen LogP contribution in [0, 0.1) is 0 Å². The van der Waals surface area contributed by atoms with Crippen LogP contribution in [-0.2, 0) is 9.53 Å². The van der Waals surface area contributed by atoms with Crippen LogP contribution in [0.3, 0.4) is 0 Å². The van der Waals surface area contributed by atoms with E-state index in [0.717, 1.165) is 4.90 Å². The van der Waals surface area contributed by atoms with Crippen molar-refractivity contribution in [3.63, 3.8) is 0 Å². The standard InChI is InChI=1S/C15H19BrN6O4/c1-15(2,3)26-14(25)22-7-8(23)11(20-21-17)12(22)13(24)19-10-6-4-5-9(16)18-10/h4-6,8,11-12,23H,7H2,1-3H3,(H,18,19,24). The van der Waals surface area contributed by atoms with Gasteiger partial charge in [-0.2, -0.15) is 0 Å². The Morgan fingerprint density at radius 1 is 1.50 bits per heavy atom. The normalized spacial score (nSPS) is 22.5. The summed E-state index contributed by atoms with van der Waals surface area (Å²) in [5, 5.41) is 16.2. The molecule has 11 heteroatoms. The lowest BCUT2D eigenvalue weighted by atomic mass is 10.1. The van der Waals surface area contributed by atoms with Crippen LogP contribution in [0.25, 0.3) is 10.4 Å². The molecule has 3 atom stereocenters. The zero-order valence-electron chi connectivity index (χ0n) is 14.5. The molecule has 2 rings (SSSR count). The maximum atomic E-state index is 12.7. The Morgan fingerprint density at radius 3 is 2.77 bits per heavy atom. The lowest BCUT2D eigenvalue weighted by Crippen LogP contribution is -2.49. The van der Waals surface area contributed by atoms with Crippen molar-refractivity contribution in [3.8, 4) is 0 Å². The van der Waals surface area contributed by atoms with E-state index in [1.165, 1.54) is 0 Å². The topological polar surface area (TPSA) is 141 Å². The van der Waals surface area contributed by atoms with E-state index in [4.69, 9.17) is 10.3 Å². The molecule has 1 aromatic rings. The summed E-state index contributed by atoms with van der Waals surface area (Å²) in [4.78, 5) is 33.0. The average molecular weight is 427 g/mol. The third kappa shape index (κ3) is 4.84. The summed E-state index contributed by atoms with van der Waals surface area (Å²) in [7, 11) is 0. The number of nitrogens with zero attached hydrogens (tertiary/aromatic N) is 5. The number of hydrogen-bond acceptors (Lipinski definition) is 6. The van der Waals surface area contributed by atoms with E-state index in [1.807, 2.05) is 0 Å². The second-order valence-electron chi connectivity index (χ2n) is 6.68. The quantitative estimate of drug-likeness (QED) is 0.330. The largest absolute Gasteiger partial charge is 0.444 e. The van der Waals surface area contributed by atoms with Crippen LogP contribution in [0.15, 0.2) is 27.9 Å². The van der Waals surface area contributed by atoms with Crippen LogP contribution in [0.2, 0.25) is 0 Å². The third-order valence-electron chi connectivity index (χ3n) is 3.49. The van der Waals surface area contributed by atoms with Gasteiger partial charge >= 0.3 is 6.09 Å². The molecular weight excluding hydrogens is 408 g/mol. The maximum absolute atomic E-state index is 12.7. The summed E-state index contributed by atoms with van der Waals surface area (Å²) in [5.74, 6) is -0.398. The average Bonchev–Trinajstić information content (AvgIpc) is 2.83. The molecule has 1 fully saturated rings. The predicted molar refractivity (Wildman–Crippen MR) is 96.2 cm³/mol. The van der Waals surface area contributed by atoms with Gasteiger partial charge in [-0.15, -0.1) is 0 Å². The van der Waals surface area contributed by atoms with Crippen molar-refractivity contribution in [2.75, 3.05) is 11.9 Å². The van der Waals surface area contributed by atoms with Gasteiger partial charge in [0.1, 0.15) is 22.1 Å². The molecule has 0 spiro atoms. The fourth-order valence-corrected chi connectivity index (χ4v) is 2.84. The molecule has 140 valence electrons. The molecule has 10 nitrogen and oxygen atoms in total. The van der Waals surface area contributed by atoms with Crippen LogP contribution in [0.4, 0.5) is 10.6 Å². The molecule has 2 heterocycles. The first-order chi connectivity index (χ1) is 12.1. The number of amides is 2. The maximum Gasteiger partial charge on any atom is 0.411 e. The number of β-amino-alcohol motifs (C(OH)–C–C–N with tert-alkyl or cyclic N) is 1. The number of carbonyl (C=O) groups excluding carboxylic acids is 2. The number of aliphatic hydroxyl groups is 1. The van der Waals surface area contributed by atoms with Gasteiger partial charge in [0.05, 0.1) is 18.7 Å². The molecule has 1 aromatic heterocycles. The molecule has 2 N–H and O–H groups in total. The molecule has 0 aromatic carbocycles. The molecule has 26 heavy (non-hydrogen) atoms. The third-order valence-corrected chi connectivity index (χ3v) is 3.93. The molecule has 0 saturated carbocycles. The number of anilines is 1. The van der Waals surface area contributed by atoms with Crippen LogP contribution in [0.1, 0.15) is 20.8 Å². The number of aromatic nitrogens is 1. The minimum atomic E-state index is -1.23. The number of pyridine rings is 1. The molecule has 1 saturated heterocycles. The summed E-state index contributed by atoms with van der Waals surface area (Å²) in [6, 6.07) is 2.56. The predicted octanol–water partition coefficient (Wildman–Crippen LogP) is 2.44. The van der Waals surface area contributed by atoms with Crippen molar-refractivity contribution in [2.45, 2.75) is 44.6 Å². The Labute approximate surface area is 158 Å². The van der Waals surface area contributed by atoms with E-state index in [0.29, 0.717) is 4.60 Å². The molecule has 1 aliphatic rings. The second-order valence-corrected chi connectivity index (χ2v) is 7.49. The van der Waals surface area contributed by atoms with Gasteiger partial charge in [0.25, 0.3) is 0 Å². The summed E-state index contributed by atoms with van der Waals surface area (Å²) in [6.45, 7) is 4.86. The van der Waals surface area contributed by atoms with Gasteiger partial charge in [-0.1, -0.05) is 11.2 Å². The highest BCUT2D eigenvalue weighted by molar-refractivity contribution is 9.10. The first-order valence-electron chi connectivity index (χ1n) is 7.77. The van der Waals surface area contributed by atoms with Crippen molar-refractivity contribution in [2.24, 2.45) is 5.11 Å². The molecule has 1 aliphatic heterocycles. The van der Waals surface area contributed by atoms with Gasteiger partial charge in [0, 0.05) is 4.91 Å². The van der Waals surface area contributed by atoms with Crippen LogP contribution >= 0.6 is 15.9 Å². The number of azide groups is 1. The zero-order chi connectivity index (χ0) is 19.5. The van der Waals surface area contributed by atoms with Crippen molar-refractivity contribution in [1.82, 2.24) is 9.88 Å². The Hall–Kier alpha value is -2.36. The summed E-state index contributed by atoms with van der Waals surface area (Å²) >= 11 is 3.20. The number of nitrogens with one attached hydrogen (secondary N) is 1. The lowest BCUT2D eigenvalue weighted by molar-refractivity contribution is -0.120. The van der Waals surface area contributed by atoms with Gasteiger partial charge in [0.2, 0.25) is 5.91 Å². The van der Waals surface area contributed by atoms with E-state index in [2.05, 4.69) is 36.3 Å². The van der Waals surface area contributed by atoms with E-state index >= 15 is 0 Å². The smallest absolute Gasteiger partial charge is 0.411 e. The monoisotopic (exact) mass is 426 g/mol. The molecule has 2 amide bonds. The lowest BCUT2D eigenvalue weighted by Gasteiger charge is -2.28. The van der Waals surface area contributed by atoms with Gasteiger partial charge in [-0.05, 0) is 54.4 Å². The molecule has 3 unspecified atom stereocenters. The van der Waals surface area contributed by atoms with Gasteiger partial charge in [0.15, 0.2) is 0 Å². The highest BCUT2D eigenvalue weighted by Crippen LogP contribution is 2.26. The number of rotatable bonds is 3. The van der Waals surface area contributed by atoms with Crippen LogP contribution < -0.4 is 5.32 Å². The number of aliphatic hydroxyl groups excluding tert-OH is 1. The van der Waals surface area contributed by atoms with Gasteiger partial charge in [-0.3, -0.25) is 9.69 Å². The summed E-state index contributed by atoms with van der Waals surface area (Å²) in [6.07, 6.45) is -1.97. The number of carbonyl (C=O) groups is 2. The van der Waals surface area contributed by atoms with E-state index in [9.17, 15) is 14.7 Å². The minimum absolute atomic E-state index is 0.192. The second kappa shape index (κ2) is 7.90. The van der Waals surface area contributed by atoms with E-state index in [1.54, 1.807) is 39.0 Å². The zero-order valence-corrected chi connectivity index (χ0v) is 16.0. The fourth-order valence-electron chi connectivity index (χ4n) is 2.50. The highest BCUT2D eigenvalue weighted by atomic mass is 79.9. The molecule has 0 radical (unpaired) electrons. The minimum Gasteiger partial charge on any atom is -0.444 e. The van der Waals surface area contributed by atoms with Crippen molar-refractivity contribution in [3.05, 3.63) is 33.2 Å². The van der Waals surface area contributed by atoms with E-state index < -0.39 is 35.8 Å². The first-order valence-corrected chi connectivity index (χ1v) is 8.57. The Morgan fingerprint density at radius 2 is 2.19 bits per heavy atom. The number of halogens is 1. The van der Waals surface area contributed by atoms with Crippen molar-refractivity contribution in [1.29, 1.82) is 0 Å². The Balaban J connectivity index is 2.28. The molecule has 0 bridgehead atoms. The van der Waals surface area contributed by atoms with Gasteiger partial charge < -0.3 is 15.2 Å². The van der Waals surface area contributed by atoms with Crippen molar-refractivity contribution >= 4 is 33.7 Å². The summed E-state index contributed by atoms with van der Waals surface area (Å²) in [5.41, 5.74) is 7.96. The first kappa shape index (κ1) is 20.0. The SMILES string of the molecule is CC(C)(C)OC(=O)N1CC(O)C(N=[N+]=[N-])C1C(=O)Nc1cccc(Br)n1.